The van der Waals surface area contributed by atoms with Crippen LogP contribution in [0.25, 0.3) is 11.4 Å². The van der Waals surface area contributed by atoms with Gasteiger partial charge in [0.05, 0.1) is 5.56 Å². The Hall–Kier alpha value is -4.14. The lowest BCUT2D eigenvalue weighted by molar-refractivity contribution is 0.0696. The van der Waals surface area contributed by atoms with Gasteiger partial charge in [-0.3, -0.25) is 10.1 Å². The molecule has 3 amide bonds. The van der Waals surface area contributed by atoms with Gasteiger partial charge in [-0.1, -0.05) is 31.2 Å². The minimum Gasteiger partial charge on any atom is -0.478 e. The number of nitrogens with two attached hydrogens (primary N) is 1. The van der Waals surface area contributed by atoms with Crippen molar-refractivity contribution < 1.29 is 19.5 Å². The first-order chi connectivity index (χ1) is 13.9. The van der Waals surface area contributed by atoms with Crippen LogP contribution in [0.15, 0.2) is 48.5 Å². The van der Waals surface area contributed by atoms with Crippen molar-refractivity contribution in [3.63, 3.8) is 0 Å². The van der Waals surface area contributed by atoms with E-state index in [0.717, 1.165) is 12.0 Å². The highest BCUT2D eigenvalue weighted by Gasteiger charge is 2.18. The molecule has 0 radical (unpaired) electrons. The molecule has 0 aliphatic carbocycles. The van der Waals surface area contributed by atoms with E-state index in [-0.39, 0.29) is 22.9 Å². The van der Waals surface area contributed by atoms with E-state index >= 15 is 0 Å². The van der Waals surface area contributed by atoms with Crippen molar-refractivity contribution in [3.05, 3.63) is 65.4 Å². The lowest BCUT2D eigenvalue weighted by Gasteiger charge is -2.07. The molecule has 0 saturated carbocycles. The number of aromatic nitrogens is 2. The first-order valence-electron chi connectivity index (χ1n) is 8.78. The fourth-order valence-electron chi connectivity index (χ4n) is 2.64. The Morgan fingerprint density at radius 2 is 1.69 bits per heavy atom. The molecule has 0 atom stereocenters. The van der Waals surface area contributed by atoms with Gasteiger partial charge in [0.25, 0.3) is 5.91 Å². The number of nitrogens with one attached hydrogen (secondary N) is 3. The topological polar surface area (TPSA) is 150 Å². The van der Waals surface area contributed by atoms with Crippen LogP contribution in [0.5, 0.6) is 0 Å². The van der Waals surface area contributed by atoms with Crippen molar-refractivity contribution in [1.82, 2.24) is 9.97 Å². The average Bonchev–Trinajstić information content (AvgIpc) is 3.12. The molecule has 1 aromatic heterocycles. The number of aromatic carboxylic acids is 1. The zero-order valence-electron chi connectivity index (χ0n) is 15.5. The molecule has 6 N–H and O–H groups in total. The highest BCUT2D eigenvalue weighted by molar-refractivity contribution is 6.04. The lowest BCUT2D eigenvalue weighted by atomic mass is 10.1. The molecule has 9 heteroatoms. The standard InChI is InChI=1S/C20H19N5O4/c1-2-11-3-9-14(10-4-11)22-20(29)25-18-15(16(21)26)23-17(24-18)12-5-7-13(8-6-12)19(27)28/h3-10H,2H2,1H3,(H2,21,26)(H,23,24)(H,27,28)(H2,22,25,29). The summed E-state index contributed by atoms with van der Waals surface area (Å²) in [6.45, 7) is 2.03. The molecule has 0 aliphatic heterocycles. The number of H-pyrrole nitrogens is 1. The summed E-state index contributed by atoms with van der Waals surface area (Å²) in [5.74, 6) is -1.62. The molecule has 148 valence electrons. The number of aryl methyl sites for hydroxylation is 1. The number of aromatic amines is 1. The normalized spacial score (nSPS) is 10.4. The van der Waals surface area contributed by atoms with Gasteiger partial charge in [0, 0.05) is 11.3 Å². The molecular weight excluding hydrogens is 374 g/mol. The summed E-state index contributed by atoms with van der Waals surface area (Å²) in [4.78, 5) is 41.9. The Morgan fingerprint density at radius 3 is 2.24 bits per heavy atom. The minimum absolute atomic E-state index is 0.0301. The van der Waals surface area contributed by atoms with Gasteiger partial charge in [0.2, 0.25) is 0 Å². The molecule has 0 unspecified atom stereocenters. The van der Waals surface area contributed by atoms with Gasteiger partial charge in [0.15, 0.2) is 5.82 Å². The Balaban J connectivity index is 1.79. The molecule has 3 rings (SSSR count). The van der Waals surface area contributed by atoms with Crippen LogP contribution in [-0.2, 0) is 6.42 Å². The third-order valence-corrected chi connectivity index (χ3v) is 4.21. The first-order valence-corrected chi connectivity index (χ1v) is 8.78. The summed E-state index contributed by atoms with van der Waals surface area (Å²) >= 11 is 0. The van der Waals surface area contributed by atoms with Crippen LogP contribution < -0.4 is 16.4 Å². The van der Waals surface area contributed by atoms with Crippen molar-refractivity contribution in [2.45, 2.75) is 13.3 Å². The van der Waals surface area contributed by atoms with Crippen molar-refractivity contribution in [3.8, 4) is 11.4 Å². The number of imidazole rings is 1. The maximum absolute atomic E-state index is 12.3. The average molecular weight is 393 g/mol. The minimum atomic E-state index is -1.06. The number of benzene rings is 2. The van der Waals surface area contributed by atoms with Crippen LogP contribution in [0.3, 0.4) is 0 Å². The number of amides is 3. The number of urea groups is 1. The Labute approximate surface area is 166 Å². The van der Waals surface area contributed by atoms with Crippen LogP contribution >= 0.6 is 0 Å². The van der Waals surface area contributed by atoms with E-state index < -0.39 is 17.9 Å². The number of nitrogens with zero attached hydrogens (tertiary/aromatic N) is 1. The number of carboxylic acid groups (broad SMARTS) is 1. The van der Waals surface area contributed by atoms with Gasteiger partial charge in [-0.25, -0.2) is 14.6 Å². The monoisotopic (exact) mass is 393 g/mol. The first kappa shape index (κ1) is 19.6. The fourth-order valence-corrected chi connectivity index (χ4v) is 2.64. The molecule has 29 heavy (non-hydrogen) atoms. The maximum atomic E-state index is 12.3. The smallest absolute Gasteiger partial charge is 0.335 e. The van der Waals surface area contributed by atoms with Crippen LogP contribution in [0, 0.1) is 0 Å². The predicted octanol–water partition coefficient (Wildman–Crippen LogP) is 3.08. The molecule has 0 spiro atoms. The highest BCUT2D eigenvalue weighted by atomic mass is 16.4. The van der Waals surface area contributed by atoms with Gasteiger partial charge < -0.3 is 21.1 Å². The van der Waals surface area contributed by atoms with Crippen LogP contribution in [0.1, 0.15) is 33.3 Å². The number of hydrogen-bond acceptors (Lipinski definition) is 4. The second-order valence-electron chi connectivity index (χ2n) is 6.19. The zero-order chi connectivity index (χ0) is 21.0. The lowest BCUT2D eigenvalue weighted by Crippen LogP contribution is -2.22. The van der Waals surface area contributed by atoms with Gasteiger partial charge in [-0.05, 0) is 36.2 Å². The fraction of sp³-hybridized carbons (Fsp3) is 0.100. The Bertz CT molecular complexity index is 1060. The highest BCUT2D eigenvalue weighted by Crippen LogP contribution is 2.22. The van der Waals surface area contributed by atoms with Crippen molar-refractivity contribution in [2.75, 3.05) is 10.6 Å². The molecule has 2 aromatic carbocycles. The predicted molar refractivity (Wildman–Crippen MR) is 108 cm³/mol. The SMILES string of the molecule is CCc1ccc(NC(=O)Nc2nc(-c3ccc(C(=O)O)cc3)[nH]c2C(N)=O)cc1. The quantitative estimate of drug-likeness (QED) is 0.436. The van der Waals surface area contributed by atoms with E-state index in [2.05, 4.69) is 20.6 Å². The summed E-state index contributed by atoms with van der Waals surface area (Å²) in [6.07, 6.45) is 0.887. The van der Waals surface area contributed by atoms with Gasteiger partial charge in [-0.2, -0.15) is 0 Å². The van der Waals surface area contributed by atoms with E-state index in [1.165, 1.54) is 24.3 Å². The largest absolute Gasteiger partial charge is 0.478 e. The third kappa shape index (κ3) is 4.59. The third-order valence-electron chi connectivity index (χ3n) is 4.21. The van der Waals surface area contributed by atoms with Gasteiger partial charge in [0.1, 0.15) is 11.5 Å². The van der Waals surface area contributed by atoms with E-state index in [1.54, 1.807) is 12.1 Å². The second kappa shape index (κ2) is 8.26. The Kier molecular flexibility index (Phi) is 5.59. The van der Waals surface area contributed by atoms with Crippen molar-refractivity contribution in [1.29, 1.82) is 0 Å². The van der Waals surface area contributed by atoms with E-state index in [4.69, 9.17) is 10.8 Å². The summed E-state index contributed by atoms with van der Waals surface area (Å²) in [5.41, 5.74) is 7.66. The van der Waals surface area contributed by atoms with Crippen LogP contribution in [0.4, 0.5) is 16.3 Å². The number of rotatable bonds is 6. The van der Waals surface area contributed by atoms with Gasteiger partial charge >= 0.3 is 12.0 Å². The molecule has 0 saturated heterocycles. The molecule has 0 aliphatic rings. The summed E-state index contributed by atoms with van der Waals surface area (Å²) < 4.78 is 0. The van der Waals surface area contributed by atoms with E-state index in [1.807, 2.05) is 19.1 Å². The summed E-state index contributed by atoms with van der Waals surface area (Å²) in [7, 11) is 0. The number of anilines is 2. The number of carbonyl (C=O) groups is 3. The molecule has 3 aromatic rings. The van der Waals surface area contributed by atoms with E-state index in [9.17, 15) is 14.4 Å². The van der Waals surface area contributed by atoms with Crippen molar-refractivity contribution in [2.24, 2.45) is 5.73 Å². The number of carboxylic acids is 1. The maximum Gasteiger partial charge on any atom is 0.335 e. The molecule has 1 heterocycles. The molecule has 9 nitrogen and oxygen atoms in total. The van der Waals surface area contributed by atoms with E-state index in [0.29, 0.717) is 11.3 Å². The molecule has 0 bridgehead atoms. The van der Waals surface area contributed by atoms with Crippen molar-refractivity contribution >= 4 is 29.4 Å². The molecule has 0 fully saturated rings. The second-order valence-corrected chi connectivity index (χ2v) is 6.19. The number of hydrogen-bond donors (Lipinski definition) is 5. The summed E-state index contributed by atoms with van der Waals surface area (Å²) in [5, 5.41) is 14.1. The molecular formula is C20H19N5O4. The zero-order valence-corrected chi connectivity index (χ0v) is 15.5. The van der Waals surface area contributed by atoms with Crippen LogP contribution in [-0.4, -0.2) is 33.0 Å². The van der Waals surface area contributed by atoms with Crippen LogP contribution in [0.2, 0.25) is 0 Å². The summed E-state index contributed by atoms with van der Waals surface area (Å²) in [6, 6.07) is 12.6. The number of primary amides is 1. The van der Waals surface area contributed by atoms with Gasteiger partial charge in [-0.15, -0.1) is 0 Å². The number of carbonyl (C=O) groups excluding carboxylic acids is 2. The Morgan fingerprint density at radius 1 is 1.03 bits per heavy atom.